The van der Waals surface area contributed by atoms with E-state index in [9.17, 15) is 18.8 Å². The van der Waals surface area contributed by atoms with E-state index in [1.165, 1.54) is 24.3 Å². The third-order valence-electron chi connectivity index (χ3n) is 6.75. The zero-order chi connectivity index (χ0) is 25.2. The smallest absolute Gasteiger partial charge is 0.330 e. The van der Waals surface area contributed by atoms with Crippen LogP contribution >= 0.6 is 0 Å². The Kier molecular flexibility index (Phi) is 6.41. The van der Waals surface area contributed by atoms with Crippen molar-refractivity contribution < 1.29 is 18.8 Å². The Balaban J connectivity index is 1.24. The number of carbonyl (C=O) groups is 3. The van der Waals surface area contributed by atoms with Crippen LogP contribution in [0.1, 0.15) is 36.0 Å². The fourth-order valence-electron chi connectivity index (χ4n) is 4.87. The van der Waals surface area contributed by atoms with Crippen molar-refractivity contribution in [1.82, 2.24) is 24.7 Å². The van der Waals surface area contributed by atoms with Crippen LogP contribution < -0.4 is 10.6 Å². The lowest BCUT2D eigenvalue weighted by atomic mass is 10.0. The van der Waals surface area contributed by atoms with Gasteiger partial charge in [-0.1, -0.05) is 30.3 Å². The minimum Gasteiger partial charge on any atom is -0.340 e. The van der Waals surface area contributed by atoms with E-state index >= 15 is 0 Å². The molecule has 9 nitrogen and oxygen atoms in total. The monoisotopic (exact) mass is 490 g/mol. The lowest BCUT2D eigenvalue weighted by Crippen LogP contribution is -2.50. The van der Waals surface area contributed by atoms with E-state index in [1.807, 2.05) is 30.0 Å². The Labute approximate surface area is 207 Å². The molecule has 186 valence electrons. The van der Waals surface area contributed by atoms with Crippen molar-refractivity contribution in [2.45, 2.75) is 38.4 Å². The molecule has 1 aromatic heterocycles. The summed E-state index contributed by atoms with van der Waals surface area (Å²) in [6, 6.07) is 13.0. The third-order valence-corrected chi connectivity index (χ3v) is 6.75. The standard InChI is InChI=1S/C26H27FN6O3/c1-17-28-15-22-16-32(26(36)33(17)22)21-11-13-31(14-12-21)24(34)23(18-5-3-2-4-6-18)30-25(35)29-20-9-7-19(27)8-10-20/h2-10,15,21,23H,11-14,16H2,1H3,(H2,29,30,35)/t23-/m1/s1. The average molecular weight is 491 g/mol. The molecule has 10 heteroatoms. The van der Waals surface area contributed by atoms with E-state index in [0.717, 1.165) is 5.69 Å². The number of halogens is 1. The summed E-state index contributed by atoms with van der Waals surface area (Å²) in [4.78, 5) is 46.9. The summed E-state index contributed by atoms with van der Waals surface area (Å²) >= 11 is 0. The number of hydrogen-bond acceptors (Lipinski definition) is 4. The van der Waals surface area contributed by atoms with Gasteiger partial charge >= 0.3 is 12.1 Å². The Bertz CT molecular complexity index is 1270. The molecule has 0 bridgehead atoms. The largest absolute Gasteiger partial charge is 0.340 e. The van der Waals surface area contributed by atoms with Gasteiger partial charge in [0, 0.05) is 24.8 Å². The highest BCUT2D eigenvalue weighted by molar-refractivity contribution is 5.94. The summed E-state index contributed by atoms with van der Waals surface area (Å²) in [5.74, 6) is 0.0616. The molecule has 0 unspecified atom stereocenters. The molecule has 36 heavy (non-hydrogen) atoms. The van der Waals surface area contributed by atoms with Gasteiger partial charge in [0.15, 0.2) is 0 Å². The lowest BCUT2D eigenvalue weighted by Gasteiger charge is -2.37. The number of piperidine rings is 1. The lowest BCUT2D eigenvalue weighted by molar-refractivity contribution is -0.134. The summed E-state index contributed by atoms with van der Waals surface area (Å²) in [5.41, 5.74) is 1.97. The number of amides is 4. The minimum atomic E-state index is -0.883. The number of nitrogens with one attached hydrogen (secondary N) is 2. The zero-order valence-electron chi connectivity index (χ0n) is 19.9. The normalized spacial score (nSPS) is 16.6. The molecule has 0 aliphatic carbocycles. The molecule has 2 N–H and O–H groups in total. The Morgan fingerprint density at radius 1 is 1.06 bits per heavy atom. The number of hydrogen-bond donors (Lipinski definition) is 2. The van der Waals surface area contributed by atoms with Crippen molar-refractivity contribution in [3.63, 3.8) is 0 Å². The molecular weight excluding hydrogens is 463 g/mol. The number of aryl methyl sites for hydroxylation is 1. The number of urea groups is 1. The molecule has 3 aromatic rings. The van der Waals surface area contributed by atoms with Crippen molar-refractivity contribution in [1.29, 1.82) is 0 Å². The van der Waals surface area contributed by atoms with Gasteiger partial charge < -0.3 is 20.4 Å². The Morgan fingerprint density at radius 2 is 1.75 bits per heavy atom. The first kappa shape index (κ1) is 23.5. The van der Waals surface area contributed by atoms with E-state index < -0.39 is 17.9 Å². The van der Waals surface area contributed by atoms with Gasteiger partial charge in [-0.3, -0.25) is 9.36 Å². The zero-order valence-corrected chi connectivity index (χ0v) is 19.9. The van der Waals surface area contributed by atoms with Crippen molar-refractivity contribution in [2.75, 3.05) is 18.4 Å². The average Bonchev–Trinajstić information content (AvgIpc) is 3.43. The van der Waals surface area contributed by atoms with Crippen LogP contribution in [0.5, 0.6) is 0 Å². The van der Waals surface area contributed by atoms with Crippen LogP contribution in [0, 0.1) is 12.7 Å². The summed E-state index contributed by atoms with van der Waals surface area (Å²) in [7, 11) is 0. The SMILES string of the molecule is Cc1ncc2n1C(=O)N(C1CCN(C(=O)[C@H](NC(=O)Nc3ccc(F)cc3)c3ccccc3)CC1)C2. The Morgan fingerprint density at radius 3 is 2.42 bits per heavy atom. The molecule has 4 amide bonds. The molecule has 2 aliphatic rings. The second kappa shape index (κ2) is 9.80. The highest BCUT2D eigenvalue weighted by Crippen LogP contribution is 2.27. The molecule has 0 spiro atoms. The molecule has 1 fully saturated rings. The van der Waals surface area contributed by atoms with Gasteiger partial charge in [0.05, 0.1) is 18.4 Å². The molecule has 3 heterocycles. The molecule has 0 radical (unpaired) electrons. The number of carbonyl (C=O) groups excluding carboxylic acids is 3. The summed E-state index contributed by atoms with van der Waals surface area (Å²) in [5, 5.41) is 5.42. The molecule has 2 aliphatic heterocycles. The third kappa shape index (κ3) is 4.66. The maximum Gasteiger partial charge on any atom is 0.330 e. The van der Waals surface area contributed by atoms with Crippen LogP contribution in [-0.4, -0.2) is 56.5 Å². The number of rotatable bonds is 5. The number of fused-ring (bicyclic) bond motifs is 1. The van der Waals surface area contributed by atoms with Crippen molar-refractivity contribution in [2.24, 2.45) is 0 Å². The first-order chi connectivity index (χ1) is 17.4. The van der Waals surface area contributed by atoms with Crippen LogP contribution in [0.3, 0.4) is 0 Å². The maximum absolute atomic E-state index is 13.5. The first-order valence-electron chi connectivity index (χ1n) is 11.9. The van der Waals surface area contributed by atoms with Gasteiger partial charge in [0.2, 0.25) is 5.91 Å². The maximum atomic E-state index is 13.5. The predicted octanol–water partition coefficient (Wildman–Crippen LogP) is 3.67. The number of benzene rings is 2. The first-order valence-corrected chi connectivity index (χ1v) is 11.9. The summed E-state index contributed by atoms with van der Waals surface area (Å²) in [6.07, 6.45) is 3.04. The van der Waals surface area contributed by atoms with Crippen LogP contribution in [0.2, 0.25) is 0 Å². The minimum absolute atomic E-state index is 0.0331. The number of anilines is 1. The van der Waals surface area contributed by atoms with E-state index in [1.54, 1.807) is 27.8 Å². The van der Waals surface area contributed by atoms with E-state index in [-0.39, 0.29) is 18.0 Å². The summed E-state index contributed by atoms with van der Waals surface area (Å²) < 4.78 is 14.8. The van der Waals surface area contributed by atoms with Gasteiger partial charge in [-0.2, -0.15) is 0 Å². The van der Waals surface area contributed by atoms with Crippen molar-refractivity contribution in [3.05, 3.63) is 83.7 Å². The second-order valence-electron chi connectivity index (χ2n) is 9.05. The quantitative estimate of drug-likeness (QED) is 0.570. The van der Waals surface area contributed by atoms with Crippen LogP contribution in [-0.2, 0) is 11.3 Å². The predicted molar refractivity (Wildman–Crippen MR) is 131 cm³/mol. The van der Waals surface area contributed by atoms with E-state index in [2.05, 4.69) is 15.6 Å². The highest BCUT2D eigenvalue weighted by atomic mass is 19.1. The topological polar surface area (TPSA) is 99.6 Å². The molecule has 2 aromatic carbocycles. The molecular formula is C26H27FN6O3. The second-order valence-corrected chi connectivity index (χ2v) is 9.05. The number of nitrogens with zero attached hydrogens (tertiary/aromatic N) is 4. The van der Waals surface area contributed by atoms with Gasteiger partial charge in [-0.15, -0.1) is 0 Å². The molecule has 5 rings (SSSR count). The molecule has 0 saturated carbocycles. The Hall–Kier alpha value is -4.21. The summed E-state index contributed by atoms with van der Waals surface area (Å²) in [6.45, 7) is 3.29. The van der Waals surface area contributed by atoms with E-state index in [0.29, 0.717) is 49.6 Å². The van der Waals surface area contributed by atoms with Crippen LogP contribution in [0.25, 0.3) is 0 Å². The van der Waals surface area contributed by atoms with Gasteiger partial charge in [0.1, 0.15) is 17.7 Å². The fraction of sp³-hybridized carbons (Fsp3) is 0.308. The van der Waals surface area contributed by atoms with Gasteiger partial charge in [-0.25, -0.2) is 19.0 Å². The number of aromatic nitrogens is 2. The fourth-order valence-corrected chi connectivity index (χ4v) is 4.87. The molecule has 1 atom stereocenters. The van der Waals surface area contributed by atoms with E-state index in [4.69, 9.17) is 0 Å². The number of imidazole rings is 1. The van der Waals surface area contributed by atoms with Gasteiger partial charge in [0.25, 0.3) is 0 Å². The highest BCUT2D eigenvalue weighted by Gasteiger charge is 2.37. The molecule has 1 saturated heterocycles. The van der Waals surface area contributed by atoms with Crippen LogP contribution in [0.15, 0.2) is 60.8 Å². The van der Waals surface area contributed by atoms with Crippen molar-refractivity contribution in [3.8, 4) is 0 Å². The van der Waals surface area contributed by atoms with Crippen molar-refractivity contribution >= 4 is 23.7 Å². The number of likely N-dealkylation sites (tertiary alicyclic amines) is 1. The van der Waals surface area contributed by atoms with Crippen LogP contribution in [0.4, 0.5) is 19.7 Å². The van der Waals surface area contributed by atoms with Gasteiger partial charge in [-0.05, 0) is 49.6 Å².